The van der Waals surface area contributed by atoms with Gasteiger partial charge in [0.15, 0.2) is 0 Å². The van der Waals surface area contributed by atoms with Gasteiger partial charge in [0.25, 0.3) is 0 Å². The van der Waals surface area contributed by atoms with E-state index in [4.69, 9.17) is 4.74 Å². The molecular formula is C18H27BrN2O3. The van der Waals surface area contributed by atoms with Crippen molar-refractivity contribution < 1.29 is 14.3 Å². The highest BCUT2D eigenvalue weighted by atomic mass is 79.9. The van der Waals surface area contributed by atoms with Crippen LogP contribution in [0.15, 0.2) is 22.7 Å². The first-order valence-electron chi connectivity index (χ1n) is 8.19. The van der Waals surface area contributed by atoms with Crippen molar-refractivity contribution in [1.29, 1.82) is 0 Å². The number of aryl methyl sites for hydroxylation is 1. The predicted octanol–water partition coefficient (Wildman–Crippen LogP) is 4.78. The predicted molar refractivity (Wildman–Crippen MR) is 100 cm³/mol. The van der Waals surface area contributed by atoms with Gasteiger partial charge in [-0.25, -0.2) is 4.79 Å². The summed E-state index contributed by atoms with van der Waals surface area (Å²) in [7, 11) is 0. The van der Waals surface area contributed by atoms with Crippen LogP contribution >= 0.6 is 15.9 Å². The molecule has 5 nitrogen and oxygen atoms in total. The number of carbonyl (C=O) groups is 2. The molecule has 0 fully saturated rings. The molecule has 0 aliphatic rings. The van der Waals surface area contributed by atoms with Crippen molar-refractivity contribution >= 4 is 33.6 Å². The van der Waals surface area contributed by atoms with Gasteiger partial charge in [0.1, 0.15) is 11.6 Å². The SMILES string of the molecule is CCCCC(NC(=O)OC(C)(C)C)C(=O)Nc1ccc(C)cc1Br. The second-order valence-corrected chi connectivity index (χ2v) is 7.67. The second kappa shape index (κ2) is 9.06. The number of carbonyl (C=O) groups excluding carboxylic acids is 2. The van der Waals surface area contributed by atoms with Crippen LogP contribution in [0, 0.1) is 6.92 Å². The van der Waals surface area contributed by atoms with Crippen LogP contribution in [-0.2, 0) is 9.53 Å². The maximum atomic E-state index is 12.6. The van der Waals surface area contributed by atoms with Crippen LogP contribution in [0.4, 0.5) is 10.5 Å². The van der Waals surface area contributed by atoms with E-state index in [9.17, 15) is 9.59 Å². The molecular weight excluding hydrogens is 372 g/mol. The fourth-order valence-corrected chi connectivity index (χ4v) is 2.66. The lowest BCUT2D eigenvalue weighted by Crippen LogP contribution is -2.45. The standard InChI is InChI=1S/C18H27BrN2O3/c1-6-7-8-15(21-17(23)24-18(3,4)5)16(22)20-14-10-9-12(2)11-13(14)19/h9-11,15H,6-8H2,1-5H3,(H,20,22)(H,21,23). The van der Waals surface area contributed by atoms with Gasteiger partial charge in [-0.2, -0.15) is 0 Å². The molecule has 0 saturated carbocycles. The quantitative estimate of drug-likeness (QED) is 0.724. The Hall–Kier alpha value is -1.56. The van der Waals surface area contributed by atoms with Gasteiger partial charge in [-0.1, -0.05) is 25.8 Å². The molecule has 0 aliphatic carbocycles. The van der Waals surface area contributed by atoms with E-state index in [-0.39, 0.29) is 5.91 Å². The van der Waals surface area contributed by atoms with E-state index in [1.807, 2.05) is 32.0 Å². The first-order chi connectivity index (χ1) is 11.1. The summed E-state index contributed by atoms with van der Waals surface area (Å²) in [5.41, 5.74) is 1.17. The Morgan fingerprint density at radius 1 is 1.29 bits per heavy atom. The van der Waals surface area contributed by atoms with Gasteiger partial charge in [-0.05, 0) is 67.7 Å². The number of unbranched alkanes of at least 4 members (excludes halogenated alkanes) is 1. The average Bonchev–Trinajstić information content (AvgIpc) is 2.44. The van der Waals surface area contributed by atoms with E-state index >= 15 is 0 Å². The van der Waals surface area contributed by atoms with Crippen LogP contribution in [0.25, 0.3) is 0 Å². The Bertz CT molecular complexity index is 582. The van der Waals surface area contributed by atoms with Crippen molar-refractivity contribution in [3.05, 3.63) is 28.2 Å². The summed E-state index contributed by atoms with van der Waals surface area (Å²) in [6.45, 7) is 9.38. The largest absolute Gasteiger partial charge is 0.444 e. The van der Waals surface area contributed by atoms with Gasteiger partial charge >= 0.3 is 6.09 Å². The normalized spacial score (nSPS) is 12.4. The Kier molecular flexibility index (Phi) is 7.73. The molecule has 1 aromatic carbocycles. The third-order valence-electron chi connectivity index (χ3n) is 3.24. The lowest BCUT2D eigenvalue weighted by atomic mass is 10.1. The molecule has 1 aromatic rings. The van der Waals surface area contributed by atoms with E-state index in [0.717, 1.165) is 22.9 Å². The summed E-state index contributed by atoms with van der Waals surface area (Å²) in [6.07, 6.45) is 1.75. The number of halogens is 1. The lowest BCUT2D eigenvalue weighted by molar-refractivity contribution is -0.118. The third-order valence-corrected chi connectivity index (χ3v) is 3.89. The number of benzene rings is 1. The number of alkyl carbamates (subject to hydrolysis) is 1. The number of hydrogen-bond donors (Lipinski definition) is 2. The van der Waals surface area contributed by atoms with E-state index in [1.165, 1.54) is 0 Å². The van der Waals surface area contributed by atoms with Crippen LogP contribution in [-0.4, -0.2) is 23.6 Å². The van der Waals surface area contributed by atoms with Gasteiger partial charge in [-0.3, -0.25) is 4.79 Å². The molecule has 0 heterocycles. The molecule has 2 amide bonds. The number of anilines is 1. The minimum atomic E-state index is -0.631. The Morgan fingerprint density at radius 2 is 1.96 bits per heavy atom. The molecule has 0 aromatic heterocycles. The van der Waals surface area contributed by atoms with Crippen LogP contribution in [0.1, 0.15) is 52.5 Å². The number of ether oxygens (including phenoxy) is 1. The first kappa shape index (κ1) is 20.5. The Balaban J connectivity index is 2.78. The molecule has 0 radical (unpaired) electrons. The molecule has 0 saturated heterocycles. The minimum Gasteiger partial charge on any atom is -0.444 e. The maximum absolute atomic E-state index is 12.6. The van der Waals surface area contributed by atoms with Crippen molar-refractivity contribution in [2.24, 2.45) is 0 Å². The highest BCUT2D eigenvalue weighted by Gasteiger charge is 2.24. The minimum absolute atomic E-state index is 0.251. The highest BCUT2D eigenvalue weighted by Crippen LogP contribution is 2.23. The van der Waals surface area contributed by atoms with Gasteiger partial charge < -0.3 is 15.4 Å². The Morgan fingerprint density at radius 3 is 2.50 bits per heavy atom. The van der Waals surface area contributed by atoms with E-state index < -0.39 is 17.7 Å². The zero-order chi connectivity index (χ0) is 18.3. The monoisotopic (exact) mass is 398 g/mol. The van der Waals surface area contributed by atoms with Crippen LogP contribution in [0.5, 0.6) is 0 Å². The van der Waals surface area contributed by atoms with Gasteiger partial charge in [0.2, 0.25) is 5.91 Å². The number of rotatable bonds is 6. The van der Waals surface area contributed by atoms with Crippen LogP contribution < -0.4 is 10.6 Å². The number of nitrogens with one attached hydrogen (secondary N) is 2. The fourth-order valence-electron chi connectivity index (χ4n) is 2.07. The Labute approximate surface area is 152 Å². The maximum Gasteiger partial charge on any atom is 0.408 e. The zero-order valence-corrected chi connectivity index (χ0v) is 16.6. The van der Waals surface area contributed by atoms with E-state index in [1.54, 1.807) is 20.8 Å². The molecule has 134 valence electrons. The van der Waals surface area contributed by atoms with Crippen molar-refractivity contribution in [2.45, 2.75) is 65.5 Å². The van der Waals surface area contributed by atoms with Crippen LogP contribution in [0.2, 0.25) is 0 Å². The molecule has 1 unspecified atom stereocenters. The summed E-state index contributed by atoms with van der Waals surface area (Å²) < 4.78 is 6.06. The smallest absolute Gasteiger partial charge is 0.408 e. The van der Waals surface area contributed by atoms with Crippen molar-refractivity contribution in [1.82, 2.24) is 5.32 Å². The summed E-state index contributed by atoms with van der Waals surface area (Å²) in [4.78, 5) is 24.5. The number of hydrogen-bond acceptors (Lipinski definition) is 3. The molecule has 6 heteroatoms. The molecule has 0 spiro atoms. The summed E-state index contributed by atoms with van der Waals surface area (Å²) in [6, 6.07) is 5.05. The second-order valence-electron chi connectivity index (χ2n) is 6.81. The summed E-state index contributed by atoms with van der Waals surface area (Å²) in [5.74, 6) is -0.251. The van der Waals surface area contributed by atoms with E-state index in [2.05, 4.69) is 26.6 Å². The molecule has 1 atom stereocenters. The topological polar surface area (TPSA) is 67.4 Å². The number of amides is 2. The van der Waals surface area contributed by atoms with E-state index in [0.29, 0.717) is 12.1 Å². The fraction of sp³-hybridized carbons (Fsp3) is 0.556. The lowest BCUT2D eigenvalue weighted by Gasteiger charge is -2.23. The molecule has 1 rings (SSSR count). The van der Waals surface area contributed by atoms with Crippen molar-refractivity contribution in [3.8, 4) is 0 Å². The molecule has 2 N–H and O–H groups in total. The average molecular weight is 399 g/mol. The zero-order valence-electron chi connectivity index (χ0n) is 15.0. The first-order valence-corrected chi connectivity index (χ1v) is 8.98. The highest BCUT2D eigenvalue weighted by molar-refractivity contribution is 9.10. The summed E-state index contributed by atoms with van der Waals surface area (Å²) in [5, 5.41) is 5.53. The summed E-state index contributed by atoms with van der Waals surface area (Å²) >= 11 is 3.44. The molecule has 0 bridgehead atoms. The van der Waals surface area contributed by atoms with Gasteiger partial charge in [0, 0.05) is 4.47 Å². The van der Waals surface area contributed by atoms with Gasteiger partial charge in [0.05, 0.1) is 5.69 Å². The molecule has 24 heavy (non-hydrogen) atoms. The molecule has 0 aliphatic heterocycles. The van der Waals surface area contributed by atoms with Crippen molar-refractivity contribution in [3.63, 3.8) is 0 Å². The van der Waals surface area contributed by atoms with Crippen LogP contribution in [0.3, 0.4) is 0 Å². The third kappa shape index (κ3) is 7.34. The van der Waals surface area contributed by atoms with Gasteiger partial charge in [-0.15, -0.1) is 0 Å². The van der Waals surface area contributed by atoms with Crippen molar-refractivity contribution in [2.75, 3.05) is 5.32 Å².